The van der Waals surface area contributed by atoms with Gasteiger partial charge in [-0.2, -0.15) is 0 Å². The molecular weight excluding hydrogens is 365 g/mol. The van der Waals surface area contributed by atoms with E-state index in [0.29, 0.717) is 12.1 Å². The first-order valence-corrected chi connectivity index (χ1v) is 10.1. The number of nitrogens with zero attached hydrogens (tertiary/aromatic N) is 2. The first-order chi connectivity index (χ1) is 14.2. The summed E-state index contributed by atoms with van der Waals surface area (Å²) in [6.45, 7) is 2.05. The third kappa shape index (κ3) is 3.41. The summed E-state index contributed by atoms with van der Waals surface area (Å²) in [5.41, 5.74) is 6.83. The molecule has 1 N–H and O–H groups in total. The molecule has 0 aliphatic carbocycles. The van der Waals surface area contributed by atoms with Crippen molar-refractivity contribution in [3.05, 3.63) is 72.4 Å². The topological polar surface area (TPSA) is 41.1 Å². The summed E-state index contributed by atoms with van der Waals surface area (Å²) in [6, 6.07) is 11.2. The molecule has 3 aromatic rings. The Morgan fingerprint density at radius 2 is 1.90 bits per heavy atom. The van der Waals surface area contributed by atoms with Gasteiger partial charge in [-0.1, -0.05) is 6.08 Å². The molecule has 1 fully saturated rings. The maximum Gasteiger partial charge on any atom is 0.123 e. The van der Waals surface area contributed by atoms with Gasteiger partial charge in [-0.3, -0.25) is 9.88 Å². The van der Waals surface area contributed by atoms with E-state index in [4.69, 9.17) is 4.74 Å². The summed E-state index contributed by atoms with van der Waals surface area (Å²) in [4.78, 5) is 10.2. The Bertz CT molecular complexity index is 1030. The van der Waals surface area contributed by atoms with Crippen LogP contribution in [0, 0.1) is 5.82 Å². The summed E-state index contributed by atoms with van der Waals surface area (Å²) in [5, 5.41) is 0. The van der Waals surface area contributed by atoms with Crippen LogP contribution in [-0.4, -0.2) is 47.2 Å². The molecule has 0 unspecified atom stereocenters. The van der Waals surface area contributed by atoms with Gasteiger partial charge in [0.15, 0.2) is 0 Å². The van der Waals surface area contributed by atoms with E-state index in [1.807, 2.05) is 36.7 Å². The zero-order valence-corrected chi connectivity index (χ0v) is 16.4. The predicted molar refractivity (Wildman–Crippen MR) is 113 cm³/mol. The molecule has 1 aromatic carbocycles. The lowest BCUT2D eigenvalue weighted by Crippen LogP contribution is -2.32. The van der Waals surface area contributed by atoms with Crippen LogP contribution in [-0.2, 0) is 4.74 Å². The number of nitrogens with one attached hydrogen (secondary N) is 1. The Balaban J connectivity index is 1.60. The lowest BCUT2D eigenvalue weighted by atomic mass is 9.90. The van der Waals surface area contributed by atoms with E-state index in [1.54, 1.807) is 7.11 Å². The molecule has 4 heterocycles. The predicted octanol–water partition coefficient (Wildman–Crippen LogP) is 4.76. The van der Waals surface area contributed by atoms with Crippen molar-refractivity contribution in [2.24, 2.45) is 0 Å². The van der Waals surface area contributed by atoms with E-state index < -0.39 is 0 Å². The van der Waals surface area contributed by atoms with Crippen LogP contribution in [0.5, 0.6) is 0 Å². The molecular formula is C24H24FN3O. The minimum Gasteiger partial charge on any atom is -0.380 e. The van der Waals surface area contributed by atoms with Crippen LogP contribution < -0.4 is 0 Å². The number of halogens is 1. The smallest absolute Gasteiger partial charge is 0.123 e. The maximum atomic E-state index is 13.5. The zero-order valence-electron chi connectivity index (χ0n) is 16.4. The second-order valence-electron chi connectivity index (χ2n) is 7.79. The third-order valence-electron chi connectivity index (χ3n) is 6.13. The van der Waals surface area contributed by atoms with E-state index >= 15 is 0 Å². The molecule has 2 atom stereocenters. The molecule has 29 heavy (non-hydrogen) atoms. The normalized spacial score (nSPS) is 21.8. The van der Waals surface area contributed by atoms with Crippen molar-refractivity contribution in [2.45, 2.75) is 25.0 Å². The van der Waals surface area contributed by atoms with Crippen molar-refractivity contribution >= 4 is 5.57 Å². The average molecular weight is 389 g/mol. The van der Waals surface area contributed by atoms with Gasteiger partial charge in [-0.05, 0) is 65.9 Å². The summed E-state index contributed by atoms with van der Waals surface area (Å²) in [6.07, 6.45) is 10.5. The van der Waals surface area contributed by atoms with Crippen molar-refractivity contribution in [1.29, 1.82) is 0 Å². The second-order valence-corrected chi connectivity index (χ2v) is 7.79. The van der Waals surface area contributed by atoms with E-state index in [0.717, 1.165) is 48.3 Å². The van der Waals surface area contributed by atoms with Gasteiger partial charge in [-0.15, -0.1) is 0 Å². The fourth-order valence-electron chi connectivity index (χ4n) is 4.63. The number of fused-ring (bicyclic) bond motifs is 1. The van der Waals surface area contributed by atoms with E-state index in [9.17, 15) is 4.39 Å². The van der Waals surface area contributed by atoms with E-state index in [2.05, 4.69) is 27.1 Å². The van der Waals surface area contributed by atoms with Gasteiger partial charge < -0.3 is 9.72 Å². The molecule has 5 heteroatoms. The monoisotopic (exact) mass is 389 g/mol. The van der Waals surface area contributed by atoms with Gasteiger partial charge in [0, 0.05) is 56.0 Å². The highest BCUT2D eigenvalue weighted by Crippen LogP contribution is 2.41. The van der Waals surface area contributed by atoms with Crippen molar-refractivity contribution < 1.29 is 9.13 Å². The first kappa shape index (κ1) is 18.3. The summed E-state index contributed by atoms with van der Waals surface area (Å²) in [5.74, 6) is -0.227. The molecule has 0 amide bonds. The standard InChI is InChI=1S/C24H24FN3O/c1-29-21-13-20-12-18(8-11-28(20)15-21)22-14-27-24(17-2-4-19(25)5-3-17)23(22)16-6-9-26-10-7-16/h2-7,9-10,12,14,20-21,27H,8,11,13,15H2,1H3/t20-,21+/m1/s1. The largest absolute Gasteiger partial charge is 0.380 e. The number of ether oxygens (including phenoxy) is 1. The highest BCUT2D eigenvalue weighted by atomic mass is 19.1. The summed E-state index contributed by atoms with van der Waals surface area (Å²) < 4.78 is 19.1. The Hall–Kier alpha value is -2.76. The lowest BCUT2D eigenvalue weighted by Gasteiger charge is -2.28. The van der Waals surface area contributed by atoms with Crippen molar-refractivity contribution in [3.63, 3.8) is 0 Å². The number of methoxy groups -OCH3 is 1. The van der Waals surface area contributed by atoms with Crippen LogP contribution >= 0.6 is 0 Å². The van der Waals surface area contributed by atoms with Gasteiger partial charge in [0.2, 0.25) is 0 Å². The van der Waals surface area contributed by atoms with Crippen LogP contribution in [0.1, 0.15) is 18.4 Å². The van der Waals surface area contributed by atoms with Crippen molar-refractivity contribution in [2.75, 3.05) is 20.2 Å². The Morgan fingerprint density at radius 3 is 2.66 bits per heavy atom. The van der Waals surface area contributed by atoms with E-state index in [1.165, 1.54) is 23.3 Å². The number of rotatable bonds is 4. The number of benzene rings is 1. The highest BCUT2D eigenvalue weighted by molar-refractivity contribution is 5.91. The van der Waals surface area contributed by atoms with Crippen LogP contribution in [0.2, 0.25) is 0 Å². The van der Waals surface area contributed by atoms with Crippen molar-refractivity contribution in [1.82, 2.24) is 14.9 Å². The minimum atomic E-state index is -0.227. The molecule has 2 aliphatic rings. The van der Waals surface area contributed by atoms with Crippen LogP contribution in [0.25, 0.3) is 28.0 Å². The number of pyridine rings is 1. The minimum absolute atomic E-state index is 0.227. The Morgan fingerprint density at radius 1 is 1.10 bits per heavy atom. The third-order valence-corrected chi connectivity index (χ3v) is 6.13. The number of H-pyrrole nitrogens is 1. The Labute approximate surface area is 170 Å². The van der Waals surface area contributed by atoms with Gasteiger partial charge in [-0.25, -0.2) is 4.39 Å². The molecule has 0 spiro atoms. The molecule has 0 radical (unpaired) electrons. The van der Waals surface area contributed by atoms with Gasteiger partial charge >= 0.3 is 0 Å². The van der Waals surface area contributed by atoms with Crippen molar-refractivity contribution in [3.8, 4) is 22.4 Å². The highest BCUT2D eigenvalue weighted by Gasteiger charge is 2.34. The molecule has 1 saturated heterocycles. The Kier molecular flexibility index (Phi) is 4.78. The SMILES string of the molecule is CO[C@H]1C[C@H]2C=C(c3c[nH]c(-c4ccc(F)cc4)c3-c3ccncc3)CCN2C1. The number of aromatic amines is 1. The van der Waals surface area contributed by atoms with E-state index in [-0.39, 0.29) is 5.82 Å². The van der Waals surface area contributed by atoms with Gasteiger partial charge in [0.1, 0.15) is 5.82 Å². The second kappa shape index (κ2) is 7.58. The number of aromatic nitrogens is 2. The molecule has 2 aromatic heterocycles. The first-order valence-electron chi connectivity index (χ1n) is 10.1. The number of hydrogen-bond donors (Lipinski definition) is 1. The quantitative estimate of drug-likeness (QED) is 0.700. The molecule has 2 aliphatic heterocycles. The lowest BCUT2D eigenvalue weighted by molar-refractivity contribution is 0.108. The molecule has 148 valence electrons. The average Bonchev–Trinajstić information content (AvgIpc) is 3.38. The zero-order chi connectivity index (χ0) is 19.8. The maximum absolute atomic E-state index is 13.5. The van der Waals surface area contributed by atoms with Gasteiger partial charge in [0.25, 0.3) is 0 Å². The van der Waals surface area contributed by atoms with Crippen LogP contribution in [0.3, 0.4) is 0 Å². The molecule has 5 rings (SSSR count). The molecule has 0 saturated carbocycles. The summed E-state index contributed by atoms with van der Waals surface area (Å²) >= 11 is 0. The molecule has 4 nitrogen and oxygen atoms in total. The number of hydrogen-bond acceptors (Lipinski definition) is 3. The van der Waals surface area contributed by atoms with Gasteiger partial charge in [0.05, 0.1) is 11.8 Å². The van der Waals surface area contributed by atoms with Crippen LogP contribution in [0.4, 0.5) is 4.39 Å². The fraction of sp³-hybridized carbons (Fsp3) is 0.292. The summed E-state index contributed by atoms with van der Waals surface area (Å²) in [7, 11) is 1.80. The molecule has 0 bridgehead atoms. The fourth-order valence-corrected chi connectivity index (χ4v) is 4.63. The van der Waals surface area contributed by atoms with Crippen LogP contribution in [0.15, 0.2) is 61.1 Å².